The Kier molecular flexibility index (Phi) is 13.3. The number of hydrogen-bond acceptors (Lipinski definition) is 10. The van der Waals surface area contributed by atoms with Gasteiger partial charge in [-0.2, -0.15) is 0 Å². The highest BCUT2D eigenvalue weighted by Gasteiger charge is 2.38. The average Bonchev–Trinajstić information content (AvgIpc) is 3.56. The van der Waals surface area contributed by atoms with Crippen molar-refractivity contribution in [3.63, 3.8) is 0 Å². The summed E-state index contributed by atoms with van der Waals surface area (Å²) in [7, 11) is 2.91. The smallest absolute Gasteiger partial charge is 0.405 e. The highest BCUT2D eigenvalue weighted by molar-refractivity contribution is 6.39. The Morgan fingerprint density at radius 1 is 1.19 bits per heavy atom. The summed E-state index contributed by atoms with van der Waals surface area (Å²) in [5, 5.41) is 17.0. The van der Waals surface area contributed by atoms with Crippen molar-refractivity contribution >= 4 is 29.1 Å². The van der Waals surface area contributed by atoms with Crippen LogP contribution in [-0.4, -0.2) is 73.9 Å². The number of ether oxygens (including phenoxy) is 3. The third-order valence-electron chi connectivity index (χ3n) is 8.14. The molecule has 0 saturated heterocycles. The molecule has 1 aliphatic heterocycles. The van der Waals surface area contributed by atoms with E-state index in [-0.39, 0.29) is 52.8 Å². The molecule has 6 atom stereocenters. The molecule has 0 saturated carbocycles. The number of furan rings is 1. The summed E-state index contributed by atoms with van der Waals surface area (Å²) in [5.74, 6) is -2.31. The normalized spacial score (nSPS) is 29.7. The number of nitrogens with two attached hydrogens (primary N) is 1. The molecule has 2 amide bonds. The topological polar surface area (TPSA) is 179 Å². The van der Waals surface area contributed by atoms with E-state index in [2.05, 4.69) is 17.2 Å². The Morgan fingerprint density at radius 2 is 1.91 bits per heavy atom. The van der Waals surface area contributed by atoms with Crippen molar-refractivity contribution in [1.29, 1.82) is 0 Å². The van der Waals surface area contributed by atoms with Crippen LogP contribution in [-0.2, 0) is 28.6 Å². The van der Waals surface area contributed by atoms with Crippen LogP contribution in [0.1, 0.15) is 46.3 Å². The number of methoxy groups -OCH3 is 2. The van der Waals surface area contributed by atoms with Crippen LogP contribution in [0.5, 0.6) is 0 Å². The Hall–Kier alpha value is -4.52. The minimum atomic E-state index is -1.01. The van der Waals surface area contributed by atoms with Crippen molar-refractivity contribution in [2.75, 3.05) is 20.8 Å². The number of allylic oxidation sites excluding steroid dienone is 4. The van der Waals surface area contributed by atoms with Gasteiger partial charge in [-0.1, -0.05) is 44.2 Å². The molecule has 0 spiro atoms. The largest absolute Gasteiger partial charge is 0.464 e. The Balaban J connectivity index is 2.21. The molecule has 12 heteroatoms. The fourth-order valence-electron chi connectivity index (χ4n) is 5.68. The van der Waals surface area contributed by atoms with Crippen molar-refractivity contribution in [2.24, 2.45) is 17.6 Å². The number of primary amides is 1. The van der Waals surface area contributed by atoms with Gasteiger partial charge in [0.05, 0.1) is 29.7 Å². The molecule has 1 aromatic rings. The van der Waals surface area contributed by atoms with Gasteiger partial charge >= 0.3 is 6.09 Å². The minimum Gasteiger partial charge on any atom is -0.464 e. The van der Waals surface area contributed by atoms with E-state index in [1.54, 1.807) is 51.1 Å². The average molecular weight is 652 g/mol. The Bertz CT molecular complexity index is 1500. The minimum absolute atomic E-state index is 0.0831. The lowest BCUT2D eigenvalue weighted by Gasteiger charge is -2.30. The fourth-order valence-corrected chi connectivity index (χ4v) is 5.68. The van der Waals surface area contributed by atoms with Crippen LogP contribution in [0.15, 0.2) is 87.9 Å². The molecular weight excluding hydrogens is 606 g/mol. The lowest BCUT2D eigenvalue weighted by Crippen LogP contribution is -2.39. The summed E-state index contributed by atoms with van der Waals surface area (Å²) in [6, 6.07) is 3.12. The number of nitrogens with one attached hydrogen (secondary N) is 2. The summed E-state index contributed by atoms with van der Waals surface area (Å²) in [6.07, 6.45) is 5.33. The first-order valence-corrected chi connectivity index (χ1v) is 15.3. The number of carbonyl (C=O) groups is 4. The van der Waals surface area contributed by atoms with Crippen LogP contribution in [0, 0.1) is 11.8 Å². The van der Waals surface area contributed by atoms with Crippen molar-refractivity contribution in [1.82, 2.24) is 10.6 Å². The molecule has 1 aliphatic carbocycles. The Morgan fingerprint density at radius 3 is 2.51 bits per heavy atom. The summed E-state index contributed by atoms with van der Waals surface area (Å²) in [6.45, 7) is 10.9. The van der Waals surface area contributed by atoms with Crippen molar-refractivity contribution in [3.8, 4) is 0 Å². The van der Waals surface area contributed by atoms with Crippen LogP contribution in [0.25, 0.3) is 5.57 Å². The first kappa shape index (κ1) is 36.9. The van der Waals surface area contributed by atoms with Gasteiger partial charge in [0, 0.05) is 37.8 Å². The van der Waals surface area contributed by atoms with Gasteiger partial charge in [0.1, 0.15) is 17.6 Å². The second-order valence-electron chi connectivity index (χ2n) is 11.7. The molecule has 0 radical (unpaired) electrons. The Labute approximate surface area is 275 Å². The van der Waals surface area contributed by atoms with Crippen molar-refractivity contribution in [3.05, 3.63) is 89.2 Å². The molecular formula is C35H45N3O9. The predicted molar refractivity (Wildman–Crippen MR) is 175 cm³/mol. The third kappa shape index (κ3) is 9.06. The van der Waals surface area contributed by atoms with Gasteiger partial charge in [-0.05, 0) is 50.3 Å². The maximum atomic E-state index is 14.2. The number of Topliss-reactive ketones (excluding diaryl/α,β-unsaturated/α-hetero) is 2. The first-order valence-electron chi connectivity index (χ1n) is 15.3. The second kappa shape index (κ2) is 16.9. The summed E-state index contributed by atoms with van der Waals surface area (Å²) >= 11 is 0. The fraction of sp³-hybridized carbons (Fsp3) is 0.429. The van der Waals surface area contributed by atoms with E-state index >= 15 is 0 Å². The molecule has 2 aliphatic rings. The quantitative estimate of drug-likeness (QED) is 0.251. The zero-order chi connectivity index (χ0) is 34.8. The molecule has 5 N–H and O–H groups in total. The van der Waals surface area contributed by atoms with Crippen LogP contribution >= 0.6 is 0 Å². The number of rotatable bonds is 7. The van der Waals surface area contributed by atoms with Crippen LogP contribution < -0.4 is 16.4 Å². The van der Waals surface area contributed by atoms with Gasteiger partial charge < -0.3 is 40.1 Å². The zero-order valence-electron chi connectivity index (χ0n) is 27.7. The maximum Gasteiger partial charge on any atom is 0.405 e. The summed E-state index contributed by atoms with van der Waals surface area (Å²) < 4.78 is 22.2. The van der Waals surface area contributed by atoms with Gasteiger partial charge in [0.2, 0.25) is 11.6 Å². The lowest BCUT2D eigenvalue weighted by atomic mass is 9.82. The van der Waals surface area contributed by atoms with E-state index in [4.69, 9.17) is 24.4 Å². The van der Waals surface area contributed by atoms with Gasteiger partial charge in [0.15, 0.2) is 6.10 Å². The number of carbonyl (C=O) groups excluding carboxylic acids is 4. The lowest BCUT2D eigenvalue weighted by molar-refractivity contribution is -0.120. The van der Waals surface area contributed by atoms with Crippen LogP contribution in [0.4, 0.5) is 4.79 Å². The second-order valence-corrected chi connectivity index (χ2v) is 11.7. The molecule has 3 rings (SSSR count). The van der Waals surface area contributed by atoms with Crippen LogP contribution in [0.2, 0.25) is 0 Å². The molecule has 254 valence electrons. The number of aliphatic hydroxyl groups is 1. The number of aliphatic hydroxyl groups excluding tert-OH is 1. The predicted octanol–water partition coefficient (Wildman–Crippen LogP) is 3.66. The number of fused-ring (bicyclic) bond motifs is 2. The molecule has 2 heterocycles. The highest BCUT2D eigenvalue weighted by Crippen LogP contribution is 2.34. The number of hydrogen-bond donors (Lipinski definition) is 4. The number of amides is 2. The molecule has 0 unspecified atom stereocenters. The van der Waals surface area contributed by atoms with Gasteiger partial charge in [0.25, 0.3) is 5.91 Å². The van der Waals surface area contributed by atoms with Crippen molar-refractivity contribution < 1.29 is 42.9 Å². The first-order chi connectivity index (χ1) is 22.3. The summed E-state index contributed by atoms with van der Waals surface area (Å²) in [4.78, 5) is 53.5. The third-order valence-corrected chi connectivity index (χ3v) is 8.14. The van der Waals surface area contributed by atoms with E-state index in [9.17, 15) is 24.3 Å². The number of ketones is 2. The molecule has 1 aromatic heterocycles. The van der Waals surface area contributed by atoms with Crippen molar-refractivity contribution in [2.45, 2.75) is 65.0 Å². The molecule has 0 aromatic carbocycles. The van der Waals surface area contributed by atoms with E-state index in [0.29, 0.717) is 12.0 Å². The van der Waals surface area contributed by atoms with Gasteiger partial charge in [-0.3, -0.25) is 14.4 Å². The summed E-state index contributed by atoms with van der Waals surface area (Å²) in [5.41, 5.74) is 6.12. The van der Waals surface area contributed by atoms with E-state index in [0.717, 1.165) is 0 Å². The van der Waals surface area contributed by atoms with E-state index in [1.807, 2.05) is 6.92 Å². The van der Waals surface area contributed by atoms with Gasteiger partial charge in [-0.15, -0.1) is 6.58 Å². The standard InChI is InChI=1S/C35H45N3O9/c1-8-14-37-28-23-16-19(2)17-26(45-7)30(39)21(4)18-22(5)33(47-35(36)43)25(44-6)12-9-11-20(3)34(42)38-29(31(23)40)27(32(28)41)24-13-10-15-46-24/h8-13,15,18-19,21,25-26,30,33,37,39H,1,14,16-17H2,2-7H3,(H2,36,43)(H,38,42)/b12-9-,20-11+,22-18+/t19-,21+,25-,26+,30-,33+/m1/s1. The van der Waals surface area contributed by atoms with Gasteiger partial charge in [-0.25, -0.2) is 4.79 Å². The SMILES string of the molecule is C=CCNC1=C2C[C@@H](C)C[C@H](OC)[C@H](O)[C@@H](C)/C=C(\C)[C@H](OC(N)=O)[C@H](OC)/C=C\C=C(/C)C(=O)NC(=C(c3ccco3)C1=O)C2=O. The van der Waals surface area contributed by atoms with Crippen LogP contribution in [0.3, 0.4) is 0 Å². The molecule has 2 bridgehead atoms. The maximum absolute atomic E-state index is 14.2. The van der Waals surface area contributed by atoms with E-state index in [1.165, 1.54) is 32.6 Å². The highest BCUT2D eigenvalue weighted by atomic mass is 16.6. The molecule has 12 nitrogen and oxygen atoms in total. The molecule has 47 heavy (non-hydrogen) atoms. The molecule has 0 fully saturated rings. The van der Waals surface area contributed by atoms with E-state index < -0.39 is 53.9 Å². The monoisotopic (exact) mass is 651 g/mol. The zero-order valence-corrected chi connectivity index (χ0v) is 27.7.